The van der Waals surface area contributed by atoms with Crippen LogP contribution in [0.15, 0.2) is 78.9 Å². The van der Waals surface area contributed by atoms with Gasteiger partial charge in [-0.25, -0.2) is 4.79 Å². The first kappa shape index (κ1) is 32.7. The van der Waals surface area contributed by atoms with Gasteiger partial charge in [0.25, 0.3) is 5.91 Å². The molecule has 45 heavy (non-hydrogen) atoms. The number of nitrogens with zero attached hydrogens (tertiary/aromatic N) is 2. The molecule has 0 spiro atoms. The minimum atomic E-state index is -5.36. The number of carbonyl (C=O) groups excluding carboxylic acids is 4. The summed E-state index contributed by atoms with van der Waals surface area (Å²) >= 11 is 0. The van der Waals surface area contributed by atoms with Crippen molar-refractivity contribution in [3.05, 3.63) is 101 Å². The van der Waals surface area contributed by atoms with Crippen molar-refractivity contribution in [3.63, 3.8) is 0 Å². The number of halogens is 3. The minimum Gasteiger partial charge on any atom is -0.386 e. The Hall–Kier alpha value is -5.20. The van der Waals surface area contributed by atoms with E-state index in [1.807, 2.05) is 66.7 Å². The molecule has 2 amide bonds. The number of guanidine groups is 1. The van der Waals surface area contributed by atoms with Gasteiger partial charge in [0.2, 0.25) is 5.91 Å². The smallest absolute Gasteiger partial charge is 0.386 e. The number of rotatable bonds is 11. The summed E-state index contributed by atoms with van der Waals surface area (Å²) in [4.78, 5) is 53.8. The van der Waals surface area contributed by atoms with Gasteiger partial charge in [0.1, 0.15) is 6.54 Å². The summed E-state index contributed by atoms with van der Waals surface area (Å²) in [6.45, 7) is -0.432. The number of alkyl halides is 3. The largest absolute Gasteiger partial charge is 0.491 e. The molecule has 4 N–H and O–H groups in total. The Bertz CT molecular complexity index is 1510. The monoisotopic (exact) mass is 623 g/mol. The molecule has 0 saturated heterocycles. The maximum absolute atomic E-state index is 14.0. The Kier molecular flexibility index (Phi) is 10.6. The van der Waals surface area contributed by atoms with Gasteiger partial charge in [-0.2, -0.15) is 13.2 Å². The predicted molar refractivity (Wildman–Crippen MR) is 159 cm³/mol. The molecule has 1 aliphatic rings. The Labute approximate surface area is 257 Å². The number of nitrogens with one attached hydrogen (secondary N) is 2. The molecule has 0 radical (unpaired) electrons. The SMILES string of the molecule is N=C(N)NCCCCc1ccc2c(c1)C(=O)N(CCC(=O)OC(=O)C(F)(F)F)CC(=O)N2C(c1ccccc1)c1ccccc1. The molecule has 0 saturated carbocycles. The normalized spacial score (nSPS) is 13.3. The van der Waals surface area contributed by atoms with Crippen molar-refractivity contribution < 1.29 is 37.1 Å². The van der Waals surface area contributed by atoms with E-state index < -0.39 is 55.5 Å². The second-order valence-corrected chi connectivity index (χ2v) is 10.4. The quantitative estimate of drug-likeness (QED) is 0.0959. The molecule has 0 aromatic heterocycles. The standard InChI is InChI=1S/C32H32F3N5O5/c33-32(34,35)30(44)45-27(42)16-18-39-20-26(41)40(28(22-10-3-1-4-11-22)23-12-5-2-6-13-23)25-15-14-21(19-24(25)29(39)43)9-7-8-17-38-31(36)37/h1-6,10-15,19,28H,7-9,16-18,20H2,(H4,36,37,38). The van der Waals surface area contributed by atoms with Gasteiger partial charge in [-0.05, 0) is 48.1 Å². The molecule has 1 aliphatic heterocycles. The lowest BCUT2D eigenvalue weighted by Gasteiger charge is -2.33. The van der Waals surface area contributed by atoms with Gasteiger partial charge in [-0.15, -0.1) is 0 Å². The lowest BCUT2D eigenvalue weighted by atomic mass is 9.95. The van der Waals surface area contributed by atoms with Crippen LogP contribution in [0.4, 0.5) is 18.9 Å². The van der Waals surface area contributed by atoms with Crippen molar-refractivity contribution in [1.82, 2.24) is 10.2 Å². The number of nitrogens with two attached hydrogens (primary N) is 1. The van der Waals surface area contributed by atoms with Gasteiger partial charge >= 0.3 is 18.1 Å². The maximum atomic E-state index is 14.0. The molecule has 4 rings (SSSR count). The van der Waals surface area contributed by atoms with Crippen LogP contribution < -0.4 is 16.0 Å². The van der Waals surface area contributed by atoms with E-state index in [1.54, 1.807) is 12.1 Å². The van der Waals surface area contributed by atoms with Gasteiger partial charge in [0.05, 0.1) is 23.7 Å². The first-order valence-corrected chi connectivity index (χ1v) is 14.2. The summed E-state index contributed by atoms with van der Waals surface area (Å²) in [6, 6.07) is 23.1. The molecule has 1 heterocycles. The summed E-state index contributed by atoms with van der Waals surface area (Å²) in [5.74, 6) is -5.34. The predicted octanol–water partition coefficient (Wildman–Crippen LogP) is 4.09. The number of hydrogen-bond donors (Lipinski definition) is 3. The molecule has 3 aromatic carbocycles. The van der Waals surface area contributed by atoms with Crippen LogP contribution in [0.25, 0.3) is 0 Å². The van der Waals surface area contributed by atoms with E-state index in [2.05, 4.69) is 10.1 Å². The van der Waals surface area contributed by atoms with Gasteiger partial charge in [-0.1, -0.05) is 66.7 Å². The average molecular weight is 624 g/mol. The number of amides is 2. The third-order valence-electron chi connectivity index (χ3n) is 7.15. The summed E-state index contributed by atoms with van der Waals surface area (Å²) < 4.78 is 41.6. The number of hydrogen-bond acceptors (Lipinski definition) is 6. The fraction of sp³-hybridized carbons (Fsp3) is 0.281. The van der Waals surface area contributed by atoms with Crippen molar-refractivity contribution in [3.8, 4) is 0 Å². The second-order valence-electron chi connectivity index (χ2n) is 10.4. The van der Waals surface area contributed by atoms with Crippen molar-refractivity contribution in [1.29, 1.82) is 5.41 Å². The fourth-order valence-electron chi connectivity index (χ4n) is 5.08. The van der Waals surface area contributed by atoms with E-state index in [9.17, 15) is 32.3 Å². The number of aryl methyl sites for hydroxylation is 1. The van der Waals surface area contributed by atoms with Crippen molar-refractivity contribution in [2.45, 2.75) is 37.9 Å². The van der Waals surface area contributed by atoms with E-state index >= 15 is 0 Å². The number of carbonyl (C=O) groups is 4. The summed E-state index contributed by atoms with van der Waals surface area (Å²) in [7, 11) is 0. The number of ether oxygens (including phenoxy) is 1. The fourth-order valence-corrected chi connectivity index (χ4v) is 5.08. The molecule has 0 bridgehead atoms. The molecular formula is C32H32F3N5O5. The topological polar surface area (TPSA) is 146 Å². The minimum absolute atomic E-state index is 0.131. The van der Waals surface area contributed by atoms with Crippen LogP contribution in [-0.2, 0) is 25.5 Å². The van der Waals surface area contributed by atoms with Gasteiger partial charge in [-0.3, -0.25) is 24.7 Å². The second kappa shape index (κ2) is 14.5. The van der Waals surface area contributed by atoms with Crippen LogP contribution in [-0.4, -0.2) is 60.4 Å². The Morgan fingerprint density at radius 1 is 0.956 bits per heavy atom. The molecule has 0 atom stereocenters. The molecule has 13 heteroatoms. The van der Waals surface area contributed by atoms with E-state index in [0.717, 1.165) is 21.6 Å². The van der Waals surface area contributed by atoms with Gasteiger partial charge in [0, 0.05) is 13.1 Å². The highest BCUT2D eigenvalue weighted by Gasteiger charge is 2.43. The Balaban J connectivity index is 1.69. The first-order valence-electron chi connectivity index (χ1n) is 14.2. The number of esters is 2. The van der Waals surface area contributed by atoms with Crippen molar-refractivity contribution >= 4 is 35.4 Å². The van der Waals surface area contributed by atoms with Crippen molar-refractivity contribution in [2.24, 2.45) is 5.73 Å². The highest BCUT2D eigenvalue weighted by molar-refractivity contribution is 6.10. The number of anilines is 1. The van der Waals surface area contributed by atoms with Crippen LogP contribution in [0.3, 0.4) is 0 Å². The zero-order valence-electron chi connectivity index (χ0n) is 24.2. The summed E-state index contributed by atoms with van der Waals surface area (Å²) in [6.07, 6.45) is -4.12. The molecule has 0 fully saturated rings. The Morgan fingerprint density at radius 2 is 1.58 bits per heavy atom. The summed E-state index contributed by atoms with van der Waals surface area (Å²) in [5.41, 5.74) is 8.19. The number of fused-ring (bicyclic) bond motifs is 1. The first-order chi connectivity index (χ1) is 21.5. The average Bonchev–Trinajstić information content (AvgIpc) is 3.10. The molecule has 236 valence electrons. The van der Waals surface area contributed by atoms with Crippen LogP contribution in [0.2, 0.25) is 0 Å². The molecule has 0 aliphatic carbocycles. The number of unbranched alkanes of at least 4 members (excludes halogenated alkanes) is 1. The number of benzene rings is 3. The molecular weight excluding hydrogens is 591 g/mol. The highest BCUT2D eigenvalue weighted by Crippen LogP contribution is 2.37. The lowest BCUT2D eigenvalue weighted by Crippen LogP contribution is -2.42. The highest BCUT2D eigenvalue weighted by atomic mass is 19.4. The van der Waals surface area contributed by atoms with Crippen LogP contribution in [0.1, 0.15) is 52.4 Å². The van der Waals surface area contributed by atoms with E-state index in [1.165, 1.54) is 4.90 Å². The zero-order valence-corrected chi connectivity index (χ0v) is 24.2. The van der Waals surface area contributed by atoms with Crippen LogP contribution in [0.5, 0.6) is 0 Å². The molecule has 0 unspecified atom stereocenters. The van der Waals surface area contributed by atoms with E-state index in [0.29, 0.717) is 31.5 Å². The summed E-state index contributed by atoms with van der Waals surface area (Å²) in [5, 5.41) is 10.0. The maximum Gasteiger partial charge on any atom is 0.491 e. The van der Waals surface area contributed by atoms with E-state index in [-0.39, 0.29) is 11.5 Å². The van der Waals surface area contributed by atoms with Gasteiger partial charge < -0.3 is 20.7 Å². The van der Waals surface area contributed by atoms with Gasteiger partial charge in [0.15, 0.2) is 5.96 Å². The van der Waals surface area contributed by atoms with Crippen LogP contribution in [0, 0.1) is 5.41 Å². The zero-order chi connectivity index (χ0) is 32.6. The molecule has 3 aromatic rings. The lowest BCUT2D eigenvalue weighted by molar-refractivity contribution is -0.201. The third-order valence-corrected chi connectivity index (χ3v) is 7.15. The third kappa shape index (κ3) is 8.46. The van der Waals surface area contributed by atoms with Crippen molar-refractivity contribution in [2.75, 3.05) is 24.5 Å². The molecule has 10 nitrogen and oxygen atoms in total. The van der Waals surface area contributed by atoms with E-state index in [4.69, 9.17) is 11.1 Å². The van der Waals surface area contributed by atoms with Crippen LogP contribution >= 0.6 is 0 Å². The Morgan fingerprint density at radius 3 is 2.16 bits per heavy atom.